The molecule has 3 heteroatoms. The van der Waals surface area contributed by atoms with Gasteiger partial charge in [-0.25, -0.2) is 4.98 Å². The molecule has 0 radical (unpaired) electrons. The molecule has 0 aliphatic rings. The molecule has 0 spiro atoms. The van der Waals surface area contributed by atoms with Gasteiger partial charge in [-0.15, -0.1) is 0 Å². The Morgan fingerprint density at radius 2 is 1.89 bits per heavy atom. The molecule has 0 unspecified atom stereocenters. The van der Waals surface area contributed by atoms with Crippen molar-refractivity contribution in [3.8, 4) is 0 Å². The normalized spacial score (nSPS) is 11.6. The fourth-order valence-electron chi connectivity index (χ4n) is 2.06. The smallest absolute Gasteiger partial charge is 0.134 e. The van der Waals surface area contributed by atoms with E-state index in [2.05, 4.69) is 52.3 Å². The monoisotopic (exact) mass is 255 g/mol. The van der Waals surface area contributed by atoms with Crippen molar-refractivity contribution in [2.75, 3.05) is 14.1 Å². The summed E-state index contributed by atoms with van der Waals surface area (Å²) in [5, 5.41) is 0. The first-order chi connectivity index (χ1) is 9.19. The van der Waals surface area contributed by atoms with Gasteiger partial charge in [0, 0.05) is 44.7 Å². The van der Waals surface area contributed by atoms with Crippen LogP contribution in [-0.4, -0.2) is 29.0 Å². The maximum atomic E-state index is 4.35. The molecule has 0 amide bonds. The van der Waals surface area contributed by atoms with Crippen LogP contribution in [0.15, 0.2) is 42.9 Å². The van der Waals surface area contributed by atoms with Gasteiger partial charge in [-0.05, 0) is 17.5 Å². The zero-order chi connectivity index (χ0) is 13.7. The molecule has 0 atom stereocenters. The average Bonchev–Trinajstić information content (AvgIpc) is 2.92. The standard InChI is InChI=1S/C16H21N3/c1-4-13-5-7-14(8-6-13)11-15(12-19(2)3)16-17-9-10-18-16/h5-10,12H,4,11H2,1-3H3,(H,17,18)/b15-12+. The first-order valence-corrected chi connectivity index (χ1v) is 6.63. The van der Waals surface area contributed by atoms with Gasteiger partial charge in [-0.3, -0.25) is 0 Å². The Labute approximate surface area is 115 Å². The summed E-state index contributed by atoms with van der Waals surface area (Å²) in [6.45, 7) is 2.18. The van der Waals surface area contributed by atoms with Gasteiger partial charge in [0.15, 0.2) is 0 Å². The Balaban J connectivity index is 2.20. The summed E-state index contributed by atoms with van der Waals surface area (Å²) in [6.07, 6.45) is 7.74. The van der Waals surface area contributed by atoms with Crippen LogP contribution in [0, 0.1) is 0 Å². The number of aryl methyl sites for hydroxylation is 1. The number of nitrogens with one attached hydrogen (secondary N) is 1. The van der Waals surface area contributed by atoms with Crippen molar-refractivity contribution >= 4 is 5.57 Å². The van der Waals surface area contributed by atoms with Crippen LogP contribution in [0.2, 0.25) is 0 Å². The van der Waals surface area contributed by atoms with E-state index in [1.807, 2.05) is 20.3 Å². The third kappa shape index (κ3) is 3.71. The Morgan fingerprint density at radius 1 is 1.21 bits per heavy atom. The van der Waals surface area contributed by atoms with Gasteiger partial charge >= 0.3 is 0 Å². The van der Waals surface area contributed by atoms with Gasteiger partial charge in [-0.2, -0.15) is 0 Å². The van der Waals surface area contributed by atoms with Crippen molar-refractivity contribution in [3.05, 3.63) is 59.8 Å². The summed E-state index contributed by atoms with van der Waals surface area (Å²) in [5.41, 5.74) is 3.88. The SMILES string of the molecule is CCc1ccc(C/C(=C\N(C)C)c2ncc[nH]2)cc1. The molecule has 1 aromatic heterocycles. The summed E-state index contributed by atoms with van der Waals surface area (Å²) in [5.74, 6) is 0.938. The van der Waals surface area contributed by atoms with Crippen LogP contribution >= 0.6 is 0 Å². The Bertz CT molecular complexity index is 522. The molecule has 0 bridgehead atoms. The average molecular weight is 255 g/mol. The number of aromatic nitrogens is 2. The molecule has 0 saturated heterocycles. The van der Waals surface area contributed by atoms with Gasteiger partial charge in [-0.1, -0.05) is 31.2 Å². The van der Waals surface area contributed by atoms with Crippen LogP contribution in [0.25, 0.3) is 5.57 Å². The summed E-state index contributed by atoms with van der Waals surface area (Å²) < 4.78 is 0. The fraction of sp³-hybridized carbons (Fsp3) is 0.312. The van der Waals surface area contributed by atoms with E-state index in [0.29, 0.717) is 0 Å². The van der Waals surface area contributed by atoms with Gasteiger partial charge in [0.1, 0.15) is 5.82 Å². The Morgan fingerprint density at radius 3 is 2.42 bits per heavy atom. The lowest BCUT2D eigenvalue weighted by Gasteiger charge is -2.11. The number of hydrogen-bond acceptors (Lipinski definition) is 2. The lowest BCUT2D eigenvalue weighted by Crippen LogP contribution is -2.05. The van der Waals surface area contributed by atoms with E-state index in [4.69, 9.17) is 0 Å². The van der Waals surface area contributed by atoms with Crippen molar-refractivity contribution in [3.63, 3.8) is 0 Å². The van der Waals surface area contributed by atoms with Crippen LogP contribution in [0.1, 0.15) is 23.9 Å². The first kappa shape index (κ1) is 13.4. The highest BCUT2D eigenvalue weighted by Crippen LogP contribution is 2.17. The maximum Gasteiger partial charge on any atom is 0.134 e. The minimum Gasteiger partial charge on any atom is -0.383 e. The third-order valence-corrected chi connectivity index (χ3v) is 3.04. The topological polar surface area (TPSA) is 31.9 Å². The van der Waals surface area contributed by atoms with Gasteiger partial charge in [0.25, 0.3) is 0 Å². The van der Waals surface area contributed by atoms with Crippen molar-refractivity contribution < 1.29 is 0 Å². The second-order valence-electron chi connectivity index (χ2n) is 4.90. The lowest BCUT2D eigenvalue weighted by atomic mass is 10.0. The number of nitrogens with zero attached hydrogens (tertiary/aromatic N) is 2. The van der Waals surface area contributed by atoms with E-state index in [0.717, 1.165) is 18.7 Å². The first-order valence-electron chi connectivity index (χ1n) is 6.63. The zero-order valence-electron chi connectivity index (χ0n) is 11.9. The van der Waals surface area contributed by atoms with Crippen molar-refractivity contribution in [1.29, 1.82) is 0 Å². The summed E-state index contributed by atoms with van der Waals surface area (Å²) in [6, 6.07) is 8.80. The third-order valence-electron chi connectivity index (χ3n) is 3.04. The molecule has 0 saturated carbocycles. The van der Waals surface area contributed by atoms with Gasteiger partial charge in [0.2, 0.25) is 0 Å². The fourth-order valence-corrected chi connectivity index (χ4v) is 2.06. The van der Waals surface area contributed by atoms with Crippen LogP contribution < -0.4 is 0 Å². The highest BCUT2D eigenvalue weighted by atomic mass is 15.0. The van der Waals surface area contributed by atoms with Crippen LogP contribution in [0.4, 0.5) is 0 Å². The number of H-pyrrole nitrogens is 1. The summed E-state index contributed by atoms with van der Waals surface area (Å²) in [4.78, 5) is 9.58. The summed E-state index contributed by atoms with van der Waals surface area (Å²) in [7, 11) is 4.06. The number of allylic oxidation sites excluding steroid dienone is 1. The zero-order valence-corrected chi connectivity index (χ0v) is 11.9. The second-order valence-corrected chi connectivity index (χ2v) is 4.90. The largest absolute Gasteiger partial charge is 0.383 e. The number of imidazole rings is 1. The molecular formula is C16H21N3. The van der Waals surface area contributed by atoms with E-state index in [9.17, 15) is 0 Å². The van der Waals surface area contributed by atoms with Crippen molar-refractivity contribution in [1.82, 2.24) is 14.9 Å². The van der Waals surface area contributed by atoms with Crippen LogP contribution in [-0.2, 0) is 12.8 Å². The molecule has 3 nitrogen and oxygen atoms in total. The molecule has 2 rings (SSSR count). The molecule has 1 N–H and O–H groups in total. The van der Waals surface area contributed by atoms with Gasteiger partial charge < -0.3 is 9.88 Å². The highest BCUT2D eigenvalue weighted by molar-refractivity contribution is 5.62. The predicted octanol–water partition coefficient (Wildman–Crippen LogP) is 3.12. The molecule has 0 aliphatic heterocycles. The minimum absolute atomic E-state index is 0.885. The van der Waals surface area contributed by atoms with Crippen molar-refractivity contribution in [2.24, 2.45) is 0 Å². The summed E-state index contributed by atoms with van der Waals surface area (Å²) >= 11 is 0. The predicted molar refractivity (Wildman–Crippen MR) is 79.8 cm³/mol. The molecule has 1 heterocycles. The molecule has 2 aromatic rings. The van der Waals surface area contributed by atoms with Crippen LogP contribution in [0.5, 0.6) is 0 Å². The van der Waals surface area contributed by atoms with Crippen molar-refractivity contribution in [2.45, 2.75) is 19.8 Å². The Kier molecular flexibility index (Phi) is 4.39. The van der Waals surface area contributed by atoms with E-state index in [-0.39, 0.29) is 0 Å². The quantitative estimate of drug-likeness (QED) is 0.890. The van der Waals surface area contributed by atoms with Crippen LogP contribution in [0.3, 0.4) is 0 Å². The molecule has 0 fully saturated rings. The lowest BCUT2D eigenvalue weighted by molar-refractivity contribution is 0.564. The molecule has 100 valence electrons. The molecule has 19 heavy (non-hydrogen) atoms. The number of hydrogen-bond donors (Lipinski definition) is 1. The highest BCUT2D eigenvalue weighted by Gasteiger charge is 2.06. The van der Waals surface area contributed by atoms with E-state index >= 15 is 0 Å². The Hall–Kier alpha value is -2.03. The number of aromatic amines is 1. The second kappa shape index (κ2) is 6.23. The van der Waals surface area contributed by atoms with Gasteiger partial charge in [0.05, 0.1) is 0 Å². The molecular weight excluding hydrogens is 234 g/mol. The van der Waals surface area contributed by atoms with E-state index in [1.54, 1.807) is 6.20 Å². The van der Waals surface area contributed by atoms with E-state index < -0.39 is 0 Å². The van der Waals surface area contributed by atoms with E-state index in [1.165, 1.54) is 16.7 Å². The number of benzene rings is 1. The molecule has 0 aliphatic carbocycles. The maximum absolute atomic E-state index is 4.35. The molecule has 1 aromatic carbocycles. The number of rotatable bonds is 5. The minimum atomic E-state index is 0.885.